The van der Waals surface area contributed by atoms with Gasteiger partial charge in [-0.15, -0.1) is 0 Å². The maximum absolute atomic E-state index is 12.6. The smallest absolute Gasteiger partial charge is 0.410 e. The first-order valence-electron chi connectivity index (χ1n) is 10.4. The van der Waals surface area contributed by atoms with Crippen molar-refractivity contribution in [2.75, 3.05) is 13.7 Å². The number of hydrogen-bond donors (Lipinski definition) is 2. The van der Waals surface area contributed by atoms with Crippen LogP contribution in [0.3, 0.4) is 0 Å². The van der Waals surface area contributed by atoms with Crippen LogP contribution < -0.4 is 0 Å². The van der Waals surface area contributed by atoms with E-state index < -0.39 is 24.1 Å². The topological polar surface area (TPSA) is 104 Å². The van der Waals surface area contributed by atoms with Gasteiger partial charge >= 0.3 is 18.0 Å². The van der Waals surface area contributed by atoms with Gasteiger partial charge in [-0.2, -0.15) is 0 Å². The summed E-state index contributed by atoms with van der Waals surface area (Å²) in [7, 11) is 1.43. The van der Waals surface area contributed by atoms with E-state index in [0.717, 1.165) is 27.2 Å². The second kappa shape index (κ2) is 10.1. The second-order valence-corrected chi connectivity index (χ2v) is 7.76. The number of carbonyl (C=O) groups excluding carboxylic acids is 1. The third-order valence-corrected chi connectivity index (χ3v) is 5.74. The van der Waals surface area contributed by atoms with Crippen LogP contribution in [0, 0.1) is 0 Å². The molecule has 1 aliphatic carbocycles. The zero-order chi connectivity index (χ0) is 22.4. The number of amides is 1. The first-order chi connectivity index (χ1) is 14.9. The van der Waals surface area contributed by atoms with Crippen molar-refractivity contribution >= 4 is 18.0 Å². The summed E-state index contributed by atoms with van der Waals surface area (Å²) in [6, 6.07) is 15.0. The minimum atomic E-state index is -1.10. The molecule has 0 aromatic heterocycles. The first kappa shape index (κ1) is 22.3. The molecule has 1 amide bonds. The Morgan fingerprint density at radius 1 is 0.935 bits per heavy atom. The monoisotopic (exact) mass is 425 g/mol. The highest BCUT2D eigenvalue weighted by Gasteiger charge is 2.31. The van der Waals surface area contributed by atoms with Gasteiger partial charge in [0.05, 0.1) is 0 Å². The van der Waals surface area contributed by atoms with Gasteiger partial charge in [0.15, 0.2) is 0 Å². The lowest BCUT2D eigenvalue weighted by Crippen LogP contribution is -2.43. The highest BCUT2D eigenvalue weighted by Crippen LogP contribution is 2.44. The Morgan fingerprint density at radius 2 is 1.52 bits per heavy atom. The number of ether oxygens (including phenoxy) is 1. The summed E-state index contributed by atoms with van der Waals surface area (Å²) in [5, 5.41) is 18.2. The molecule has 7 heteroatoms. The van der Waals surface area contributed by atoms with Gasteiger partial charge in [0.25, 0.3) is 0 Å². The minimum absolute atomic E-state index is 0.0555. The number of benzene rings is 2. The number of carbonyl (C=O) groups is 3. The van der Waals surface area contributed by atoms with Crippen LogP contribution in [0.1, 0.15) is 49.1 Å². The number of carboxylic acid groups (broad SMARTS) is 2. The molecule has 0 radical (unpaired) electrons. The number of fused-ring (bicyclic) bond motifs is 3. The van der Waals surface area contributed by atoms with E-state index in [9.17, 15) is 19.5 Å². The molecule has 0 saturated heterocycles. The molecule has 0 saturated carbocycles. The van der Waals surface area contributed by atoms with Gasteiger partial charge in [0.2, 0.25) is 0 Å². The van der Waals surface area contributed by atoms with Crippen molar-refractivity contribution in [3.63, 3.8) is 0 Å². The lowest BCUT2D eigenvalue weighted by molar-refractivity contribution is -0.142. The van der Waals surface area contributed by atoms with Gasteiger partial charge in [-0.05, 0) is 35.1 Å². The van der Waals surface area contributed by atoms with E-state index in [1.807, 2.05) is 48.5 Å². The summed E-state index contributed by atoms with van der Waals surface area (Å²) >= 11 is 0. The van der Waals surface area contributed by atoms with Gasteiger partial charge in [0, 0.05) is 19.4 Å². The predicted octanol–water partition coefficient (Wildman–Crippen LogP) is 4.36. The van der Waals surface area contributed by atoms with Crippen molar-refractivity contribution in [3.05, 3.63) is 59.7 Å². The standard InChI is InChI=1S/C24H27NO6/c1-25(21(23(28)29)13-3-2-4-14-22(26)27)24(30)31-15-20-18-11-7-5-9-16(18)17-10-6-8-12-19(17)20/h5-12,20-21H,2-4,13-15H2,1H3,(H,26,27)(H,28,29)/t21-/m0/s1. The molecule has 1 atom stereocenters. The van der Waals surface area contributed by atoms with Gasteiger partial charge < -0.3 is 14.9 Å². The van der Waals surface area contributed by atoms with Crippen molar-refractivity contribution in [2.24, 2.45) is 0 Å². The van der Waals surface area contributed by atoms with E-state index in [-0.39, 0.29) is 25.4 Å². The average molecular weight is 425 g/mol. The lowest BCUT2D eigenvalue weighted by Gasteiger charge is -2.25. The van der Waals surface area contributed by atoms with E-state index in [1.165, 1.54) is 7.05 Å². The molecule has 164 valence electrons. The molecule has 3 rings (SSSR count). The van der Waals surface area contributed by atoms with Gasteiger partial charge in [-0.25, -0.2) is 9.59 Å². The zero-order valence-corrected chi connectivity index (χ0v) is 17.5. The number of nitrogens with zero attached hydrogens (tertiary/aromatic N) is 1. The minimum Gasteiger partial charge on any atom is -0.481 e. The number of likely N-dealkylation sites (N-methyl/N-ethyl adjacent to an activating group) is 1. The molecule has 0 aliphatic heterocycles. The summed E-state index contributed by atoms with van der Waals surface area (Å²) in [4.78, 5) is 36.0. The zero-order valence-electron chi connectivity index (χ0n) is 17.5. The van der Waals surface area contributed by atoms with Crippen molar-refractivity contribution in [2.45, 2.75) is 44.1 Å². The molecule has 0 heterocycles. The maximum atomic E-state index is 12.6. The SMILES string of the molecule is CN(C(=O)OCC1c2ccccc2-c2ccccc21)[C@@H](CCCCCC(=O)O)C(=O)O. The number of rotatable bonds is 10. The maximum Gasteiger partial charge on any atom is 0.410 e. The lowest BCUT2D eigenvalue weighted by atomic mass is 9.98. The largest absolute Gasteiger partial charge is 0.481 e. The fourth-order valence-electron chi connectivity index (χ4n) is 4.10. The highest BCUT2D eigenvalue weighted by molar-refractivity contribution is 5.81. The number of hydrogen-bond acceptors (Lipinski definition) is 4. The van der Waals surface area contributed by atoms with E-state index in [0.29, 0.717) is 19.3 Å². The van der Waals surface area contributed by atoms with Gasteiger partial charge in [0.1, 0.15) is 12.6 Å². The van der Waals surface area contributed by atoms with Crippen LogP contribution in [0.2, 0.25) is 0 Å². The number of aliphatic carboxylic acids is 2. The van der Waals surface area contributed by atoms with Crippen LogP contribution in [-0.4, -0.2) is 52.8 Å². The first-order valence-corrected chi connectivity index (χ1v) is 10.4. The molecule has 2 aromatic carbocycles. The fraction of sp³-hybridized carbons (Fsp3) is 0.375. The molecule has 7 nitrogen and oxygen atoms in total. The number of unbranched alkanes of at least 4 members (excludes halogenated alkanes) is 2. The average Bonchev–Trinajstić information content (AvgIpc) is 3.07. The summed E-state index contributed by atoms with van der Waals surface area (Å²) in [6.07, 6.45) is 1.21. The predicted molar refractivity (Wildman–Crippen MR) is 115 cm³/mol. The Kier molecular flexibility index (Phi) is 7.28. The molecule has 0 spiro atoms. The van der Waals surface area contributed by atoms with Gasteiger partial charge in [-0.3, -0.25) is 9.69 Å². The van der Waals surface area contributed by atoms with E-state index in [2.05, 4.69) is 0 Å². The van der Waals surface area contributed by atoms with E-state index in [1.54, 1.807) is 0 Å². The summed E-state index contributed by atoms with van der Waals surface area (Å²) < 4.78 is 5.54. The van der Waals surface area contributed by atoms with Crippen molar-refractivity contribution in [3.8, 4) is 11.1 Å². The van der Waals surface area contributed by atoms with E-state index in [4.69, 9.17) is 9.84 Å². The van der Waals surface area contributed by atoms with Crippen LogP contribution in [0.4, 0.5) is 4.79 Å². The van der Waals surface area contributed by atoms with Crippen LogP contribution >= 0.6 is 0 Å². The van der Waals surface area contributed by atoms with Gasteiger partial charge in [-0.1, -0.05) is 61.4 Å². The Balaban J connectivity index is 1.60. The Hall–Kier alpha value is -3.35. The summed E-state index contributed by atoms with van der Waals surface area (Å²) in [5.74, 6) is -2.07. The van der Waals surface area contributed by atoms with Crippen LogP contribution in [0.15, 0.2) is 48.5 Å². The number of carboxylic acids is 2. The Bertz CT molecular complexity index is 911. The third kappa shape index (κ3) is 5.23. The molecule has 31 heavy (non-hydrogen) atoms. The Labute approximate surface area is 181 Å². The quantitative estimate of drug-likeness (QED) is 0.548. The molecule has 0 bridgehead atoms. The normalized spacial score (nSPS) is 13.2. The molecule has 1 aliphatic rings. The van der Waals surface area contributed by atoms with Crippen molar-refractivity contribution < 1.29 is 29.3 Å². The third-order valence-electron chi connectivity index (χ3n) is 5.74. The highest BCUT2D eigenvalue weighted by atomic mass is 16.6. The Morgan fingerprint density at radius 3 is 2.06 bits per heavy atom. The fourth-order valence-corrected chi connectivity index (χ4v) is 4.10. The molecule has 0 fully saturated rings. The molecular weight excluding hydrogens is 398 g/mol. The summed E-state index contributed by atoms with van der Waals surface area (Å²) in [6.45, 7) is 0.127. The summed E-state index contributed by atoms with van der Waals surface area (Å²) in [5.41, 5.74) is 4.43. The molecular formula is C24H27NO6. The van der Waals surface area contributed by atoms with Crippen LogP contribution in [0.5, 0.6) is 0 Å². The second-order valence-electron chi connectivity index (χ2n) is 7.76. The van der Waals surface area contributed by atoms with Crippen LogP contribution in [0.25, 0.3) is 11.1 Å². The molecule has 2 aromatic rings. The van der Waals surface area contributed by atoms with Crippen molar-refractivity contribution in [1.29, 1.82) is 0 Å². The molecule has 0 unspecified atom stereocenters. The van der Waals surface area contributed by atoms with Crippen LogP contribution in [-0.2, 0) is 14.3 Å². The van der Waals surface area contributed by atoms with Crippen molar-refractivity contribution in [1.82, 2.24) is 4.90 Å². The molecule has 2 N–H and O–H groups in total. The van der Waals surface area contributed by atoms with E-state index >= 15 is 0 Å².